The number of aromatic hydroxyl groups is 1. The van der Waals surface area contributed by atoms with E-state index in [1.54, 1.807) is 26.0 Å². The van der Waals surface area contributed by atoms with Crippen molar-refractivity contribution in [2.45, 2.75) is 52.4 Å². The zero-order valence-corrected chi connectivity index (χ0v) is 16.8. The number of phenols is 1. The van der Waals surface area contributed by atoms with Gasteiger partial charge in [-0.2, -0.15) is 8.42 Å². The number of aliphatic hydroxyl groups excluding tert-OH is 1. The first-order valence-electron chi connectivity index (χ1n) is 9.31. The van der Waals surface area contributed by atoms with E-state index in [-0.39, 0.29) is 11.4 Å². The molecular weight excluding hydrogens is 384 g/mol. The van der Waals surface area contributed by atoms with E-state index in [9.17, 15) is 28.5 Å². The third-order valence-corrected chi connectivity index (χ3v) is 6.88. The van der Waals surface area contributed by atoms with Gasteiger partial charge in [-0.3, -0.25) is 4.79 Å². The molecule has 154 valence electrons. The van der Waals surface area contributed by atoms with Gasteiger partial charge in [0.15, 0.2) is 0 Å². The predicted molar refractivity (Wildman–Crippen MR) is 104 cm³/mol. The van der Waals surface area contributed by atoms with Crippen molar-refractivity contribution in [1.29, 1.82) is 0 Å². The van der Waals surface area contributed by atoms with Gasteiger partial charge in [0.25, 0.3) is 0 Å². The molecule has 0 saturated heterocycles. The van der Waals surface area contributed by atoms with Crippen molar-refractivity contribution in [3.63, 3.8) is 0 Å². The average molecular weight is 410 g/mol. The number of benzene rings is 1. The number of carboxylic acids is 1. The zero-order chi connectivity index (χ0) is 20.7. The Balaban J connectivity index is 1.74. The lowest BCUT2D eigenvalue weighted by atomic mass is 9.79. The van der Waals surface area contributed by atoms with Crippen molar-refractivity contribution in [1.82, 2.24) is 4.72 Å². The number of fused-ring (bicyclic) bond motifs is 1. The van der Waals surface area contributed by atoms with Crippen LogP contribution < -0.4 is 9.03 Å². The van der Waals surface area contributed by atoms with Gasteiger partial charge < -0.3 is 15.3 Å². The van der Waals surface area contributed by atoms with E-state index in [1.807, 2.05) is 4.72 Å². The van der Waals surface area contributed by atoms with Gasteiger partial charge in [0, 0.05) is 0 Å². The second-order valence-corrected chi connectivity index (χ2v) is 9.76. The molecule has 8 nitrogen and oxygen atoms in total. The summed E-state index contributed by atoms with van der Waals surface area (Å²) in [7, 11) is -3.97. The number of nitrogens with one attached hydrogen (secondary N) is 1. The van der Waals surface area contributed by atoms with Crippen molar-refractivity contribution in [2.75, 3.05) is 4.31 Å². The quantitative estimate of drug-likeness (QED) is 0.571. The summed E-state index contributed by atoms with van der Waals surface area (Å²) in [6.07, 6.45) is 5.81. The second kappa shape index (κ2) is 7.20. The number of phenolic OH excluding ortho intramolecular Hbond substituents is 1. The fraction of sp³-hybridized carbons (Fsp3) is 0.526. The number of hydrogen-bond acceptors (Lipinski definition) is 5. The predicted octanol–water partition coefficient (Wildman–Crippen LogP) is 2.79. The van der Waals surface area contributed by atoms with Crippen molar-refractivity contribution in [3.8, 4) is 5.75 Å². The Morgan fingerprint density at radius 3 is 2.61 bits per heavy atom. The van der Waals surface area contributed by atoms with Crippen LogP contribution in [0.25, 0.3) is 0 Å². The van der Waals surface area contributed by atoms with Crippen LogP contribution >= 0.6 is 0 Å². The lowest BCUT2D eigenvalue weighted by Gasteiger charge is -2.27. The smallest absolute Gasteiger partial charge is 0.330 e. The summed E-state index contributed by atoms with van der Waals surface area (Å²) in [6, 6.07) is 3.25. The molecule has 28 heavy (non-hydrogen) atoms. The molecule has 1 aliphatic carbocycles. The van der Waals surface area contributed by atoms with Crippen LogP contribution in [0.2, 0.25) is 0 Å². The highest BCUT2D eigenvalue weighted by atomic mass is 32.2. The number of nitrogens with zero attached hydrogens (tertiary/aromatic N) is 1. The van der Waals surface area contributed by atoms with Crippen molar-refractivity contribution < 1.29 is 28.5 Å². The Morgan fingerprint density at radius 1 is 1.29 bits per heavy atom. The molecule has 0 radical (unpaired) electrons. The van der Waals surface area contributed by atoms with E-state index in [4.69, 9.17) is 0 Å². The van der Waals surface area contributed by atoms with Gasteiger partial charge in [-0.1, -0.05) is 12.8 Å². The molecule has 1 unspecified atom stereocenters. The number of aryl methyl sites for hydroxylation is 1. The molecule has 4 N–H and O–H groups in total. The standard InChI is InChI=1S/C19H26N2O6S/c1-19(2,18(24)25)7-3-4-12-5-6-13-10-16(22)15(9-14(13)8-12)21-11-17(23)20-28(21,26)27/h9-12,20,22-23H,3-8H2,1-2H3,(H,24,25). The van der Waals surface area contributed by atoms with E-state index in [1.165, 1.54) is 0 Å². The molecule has 0 fully saturated rings. The largest absolute Gasteiger partial charge is 0.506 e. The van der Waals surface area contributed by atoms with E-state index in [0.29, 0.717) is 12.3 Å². The first-order valence-corrected chi connectivity index (χ1v) is 10.7. The van der Waals surface area contributed by atoms with Crippen LogP contribution in [0.4, 0.5) is 5.69 Å². The molecule has 1 heterocycles. The van der Waals surface area contributed by atoms with Crippen molar-refractivity contribution in [3.05, 3.63) is 35.3 Å². The maximum absolute atomic E-state index is 12.1. The molecule has 0 spiro atoms. The topological polar surface area (TPSA) is 127 Å². The Labute approximate surface area is 164 Å². The summed E-state index contributed by atoms with van der Waals surface area (Å²) in [5.41, 5.74) is 1.32. The number of carboxylic acid groups (broad SMARTS) is 1. The van der Waals surface area contributed by atoms with Gasteiger partial charge in [0.05, 0.1) is 11.6 Å². The fourth-order valence-electron chi connectivity index (χ4n) is 3.81. The Kier molecular flexibility index (Phi) is 5.22. The van der Waals surface area contributed by atoms with Crippen LogP contribution in [0.15, 0.2) is 24.2 Å². The Hall–Kier alpha value is -2.42. The fourth-order valence-corrected chi connectivity index (χ4v) is 4.87. The number of aliphatic hydroxyl groups is 1. The van der Waals surface area contributed by atoms with Crippen molar-refractivity contribution in [2.24, 2.45) is 11.3 Å². The van der Waals surface area contributed by atoms with Gasteiger partial charge in [-0.25, -0.2) is 9.03 Å². The highest BCUT2D eigenvalue weighted by Gasteiger charge is 2.32. The number of rotatable bonds is 6. The van der Waals surface area contributed by atoms with E-state index in [2.05, 4.69) is 0 Å². The van der Waals surface area contributed by atoms with E-state index < -0.39 is 27.5 Å². The summed E-state index contributed by atoms with van der Waals surface area (Å²) >= 11 is 0. The number of hydrogen-bond donors (Lipinski definition) is 4. The number of anilines is 1. The van der Waals surface area contributed by atoms with Crippen LogP contribution in [0.5, 0.6) is 5.75 Å². The van der Waals surface area contributed by atoms with Crippen LogP contribution in [0.3, 0.4) is 0 Å². The van der Waals surface area contributed by atoms with Gasteiger partial charge >= 0.3 is 16.2 Å². The summed E-state index contributed by atoms with van der Waals surface area (Å²) in [5, 5.41) is 29.0. The lowest BCUT2D eigenvalue weighted by Crippen LogP contribution is -2.30. The summed E-state index contributed by atoms with van der Waals surface area (Å²) in [6.45, 7) is 3.46. The highest BCUT2D eigenvalue weighted by Crippen LogP contribution is 2.39. The maximum Gasteiger partial charge on any atom is 0.330 e. The SMILES string of the molecule is CC(C)(CCCC1CCc2cc(O)c(N3C=C(O)NS3(=O)=O)cc2C1)C(=O)O. The summed E-state index contributed by atoms with van der Waals surface area (Å²) in [5.74, 6) is -1.07. The molecule has 1 atom stereocenters. The minimum Gasteiger partial charge on any atom is -0.506 e. The van der Waals surface area contributed by atoms with E-state index in [0.717, 1.165) is 53.7 Å². The molecular formula is C19H26N2O6S. The third-order valence-electron chi connectivity index (χ3n) is 5.59. The highest BCUT2D eigenvalue weighted by molar-refractivity contribution is 7.91. The number of aliphatic carboxylic acids is 1. The molecule has 0 amide bonds. The van der Waals surface area contributed by atoms with Gasteiger partial charge in [0.2, 0.25) is 5.88 Å². The molecule has 2 aliphatic rings. The average Bonchev–Trinajstić information content (AvgIpc) is 2.86. The molecule has 9 heteroatoms. The minimum absolute atomic E-state index is 0.1000. The van der Waals surface area contributed by atoms with Gasteiger partial charge in [0.1, 0.15) is 11.4 Å². The molecule has 0 aromatic heterocycles. The monoisotopic (exact) mass is 410 g/mol. The summed E-state index contributed by atoms with van der Waals surface area (Å²) < 4.78 is 27.0. The first kappa shape index (κ1) is 20.3. The lowest BCUT2D eigenvalue weighted by molar-refractivity contribution is -0.147. The van der Waals surface area contributed by atoms with Gasteiger partial charge in [-0.05, 0) is 68.7 Å². The Morgan fingerprint density at radius 2 is 2.00 bits per heavy atom. The number of carbonyl (C=O) groups is 1. The molecule has 1 aromatic rings. The van der Waals surface area contributed by atoms with Gasteiger partial charge in [-0.15, -0.1) is 0 Å². The van der Waals surface area contributed by atoms with Crippen LogP contribution in [0, 0.1) is 11.3 Å². The third kappa shape index (κ3) is 4.04. The normalized spacial score (nSPS) is 21.0. The second-order valence-electron chi connectivity index (χ2n) is 8.22. The Bertz CT molecular complexity index is 923. The molecule has 1 aliphatic heterocycles. The molecule has 1 aromatic carbocycles. The molecule has 0 bridgehead atoms. The van der Waals surface area contributed by atoms with Crippen LogP contribution in [0.1, 0.15) is 50.7 Å². The van der Waals surface area contributed by atoms with Crippen LogP contribution in [-0.4, -0.2) is 29.7 Å². The molecule has 3 rings (SSSR count). The maximum atomic E-state index is 12.1. The minimum atomic E-state index is -3.97. The molecule has 0 saturated carbocycles. The summed E-state index contributed by atoms with van der Waals surface area (Å²) in [4.78, 5) is 11.2. The van der Waals surface area contributed by atoms with Crippen LogP contribution in [-0.2, 0) is 27.8 Å². The zero-order valence-electron chi connectivity index (χ0n) is 16.0. The van der Waals surface area contributed by atoms with Crippen molar-refractivity contribution >= 4 is 21.9 Å². The van der Waals surface area contributed by atoms with E-state index >= 15 is 0 Å². The first-order chi connectivity index (χ1) is 13.0.